The highest BCUT2D eigenvalue weighted by molar-refractivity contribution is 5.26. The van der Waals surface area contributed by atoms with Crippen molar-refractivity contribution in [2.75, 3.05) is 0 Å². The first kappa shape index (κ1) is 9.32. The summed E-state index contributed by atoms with van der Waals surface area (Å²) in [6.07, 6.45) is 0. The van der Waals surface area contributed by atoms with E-state index in [4.69, 9.17) is 5.26 Å². The van der Waals surface area contributed by atoms with Gasteiger partial charge in [-0.25, -0.2) is 4.39 Å². The van der Waals surface area contributed by atoms with Crippen molar-refractivity contribution in [1.82, 2.24) is 4.98 Å². The van der Waals surface area contributed by atoms with Crippen LogP contribution in [0.3, 0.4) is 0 Å². The van der Waals surface area contributed by atoms with Gasteiger partial charge in [0.15, 0.2) is 11.5 Å². The Bertz CT molecular complexity index is 348. The summed E-state index contributed by atoms with van der Waals surface area (Å²) in [5.41, 5.74) is -0.571. The third-order valence-corrected chi connectivity index (χ3v) is 1.14. The van der Waals surface area contributed by atoms with Gasteiger partial charge < -0.3 is 4.74 Å². The molecule has 68 valence electrons. The van der Waals surface area contributed by atoms with E-state index in [1.165, 1.54) is 6.07 Å². The van der Waals surface area contributed by atoms with Gasteiger partial charge in [0.05, 0.1) is 0 Å². The smallest absolute Gasteiger partial charge is 0.388 e. The van der Waals surface area contributed by atoms with E-state index in [1.807, 2.05) is 0 Å². The first-order valence-corrected chi connectivity index (χ1v) is 3.15. The summed E-state index contributed by atoms with van der Waals surface area (Å²) in [6, 6.07) is 3.15. The molecule has 0 N–H and O–H groups in total. The monoisotopic (exact) mass is 188 g/mol. The Labute approximate surface area is 71.4 Å². The molecule has 6 heteroatoms. The molecule has 0 spiro atoms. The summed E-state index contributed by atoms with van der Waals surface area (Å²) in [5, 5.41) is 8.28. The fraction of sp³-hybridized carbons (Fsp3) is 0.143. The lowest BCUT2D eigenvalue weighted by atomic mass is 10.3. The second-order valence-electron chi connectivity index (χ2n) is 1.97. The molecule has 0 aliphatic carbocycles. The zero-order valence-corrected chi connectivity index (χ0v) is 6.17. The maximum atomic E-state index is 12.6. The molecule has 0 saturated carbocycles. The van der Waals surface area contributed by atoms with E-state index in [0.29, 0.717) is 0 Å². The van der Waals surface area contributed by atoms with Crippen LogP contribution in [0.1, 0.15) is 5.69 Å². The van der Waals surface area contributed by atoms with E-state index >= 15 is 0 Å². The van der Waals surface area contributed by atoms with Gasteiger partial charge in [0.25, 0.3) is 0 Å². The van der Waals surface area contributed by atoms with Crippen molar-refractivity contribution in [3.05, 3.63) is 23.6 Å². The summed E-state index contributed by atoms with van der Waals surface area (Å²) < 4.78 is 39.7. The van der Waals surface area contributed by atoms with Crippen LogP contribution in [0.5, 0.6) is 5.88 Å². The average molecular weight is 188 g/mol. The lowest BCUT2D eigenvalue weighted by Gasteiger charge is -2.02. The molecule has 0 aliphatic rings. The molecule has 0 unspecified atom stereocenters. The fourth-order valence-electron chi connectivity index (χ4n) is 0.660. The number of rotatable bonds is 2. The van der Waals surface area contributed by atoms with E-state index in [9.17, 15) is 13.2 Å². The Hall–Kier alpha value is -1.77. The molecule has 0 aliphatic heterocycles. The van der Waals surface area contributed by atoms with Crippen molar-refractivity contribution < 1.29 is 17.9 Å². The molecule has 1 rings (SSSR count). The number of nitrogens with zero attached hydrogens (tertiary/aromatic N) is 2. The third kappa shape index (κ3) is 2.33. The Morgan fingerprint density at radius 1 is 1.46 bits per heavy atom. The largest absolute Gasteiger partial charge is 0.417 e. The predicted octanol–water partition coefficient (Wildman–Crippen LogP) is 1.69. The highest BCUT2D eigenvalue weighted by Crippen LogP contribution is 2.13. The van der Waals surface area contributed by atoms with Gasteiger partial charge in [-0.1, -0.05) is 0 Å². The van der Waals surface area contributed by atoms with Crippen LogP contribution < -0.4 is 4.74 Å². The normalized spacial score (nSPS) is 9.77. The van der Waals surface area contributed by atoms with Crippen molar-refractivity contribution in [3.8, 4) is 11.9 Å². The van der Waals surface area contributed by atoms with Gasteiger partial charge in [0, 0.05) is 6.07 Å². The molecule has 13 heavy (non-hydrogen) atoms. The SMILES string of the molecule is N#Cc1nc(OC(F)F)ccc1F. The zero-order valence-electron chi connectivity index (χ0n) is 6.17. The molecule has 3 nitrogen and oxygen atoms in total. The van der Waals surface area contributed by atoms with Gasteiger partial charge in [-0.2, -0.15) is 19.0 Å². The van der Waals surface area contributed by atoms with Gasteiger partial charge in [0.2, 0.25) is 5.88 Å². The van der Waals surface area contributed by atoms with Crippen LogP contribution in [-0.2, 0) is 0 Å². The van der Waals surface area contributed by atoms with Crippen LogP contribution in [-0.4, -0.2) is 11.6 Å². The van der Waals surface area contributed by atoms with Gasteiger partial charge in [0.1, 0.15) is 6.07 Å². The van der Waals surface area contributed by atoms with Gasteiger partial charge in [-0.05, 0) is 6.07 Å². The number of alkyl halides is 2. The van der Waals surface area contributed by atoms with Gasteiger partial charge in [-0.3, -0.25) is 0 Å². The minimum absolute atomic E-state index is 0.479. The molecule has 0 aromatic carbocycles. The Kier molecular flexibility index (Phi) is 2.69. The molecule has 1 aromatic rings. The van der Waals surface area contributed by atoms with E-state index in [-0.39, 0.29) is 0 Å². The molecule has 0 saturated heterocycles. The number of aromatic nitrogens is 1. The third-order valence-electron chi connectivity index (χ3n) is 1.14. The number of pyridine rings is 1. The topological polar surface area (TPSA) is 45.9 Å². The highest BCUT2D eigenvalue weighted by Gasteiger charge is 2.09. The molecule has 1 heterocycles. The Morgan fingerprint density at radius 3 is 2.69 bits per heavy atom. The first-order valence-electron chi connectivity index (χ1n) is 3.15. The number of hydrogen-bond acceptors (Lipinski definition) is 3. The second kappa shape index (κ2) is 3.76. The van der Waals surface area contributed by atoms with E-state index < -0.39 is 24.0 Å². The summed E-state index contributed by atoms with van der Waals surface area (Å²) in [5.74, 6) is -1.35. The average Bonchev–Trinajstić information content (AvgIpc) is 2.07. The molecule has 0 atom stereocenters. The molecular formula is C7H3F3N2O. The van der Waals surface area contributed by atoms with Crippen molar-refractivity contribution >= 4 is 0 Å². The predicted molar refractivity (Wildman–Crippen MR) is 35.5 cm³/mol. The lowest BCUT2D eigenvalue weighted by molar-refractivity contribution is -0.0529. The van der Waals surface area contributed by atoms with E-state index in [2.05, 4.69) is 9.72 Å². The molecule has 0 amide bonds. The van der Waals surface area contributed by atoms with Crippen LogP contribution in [0.25, 0.3) is 0 Å². The molecular weight excluding hydrogens is 185 g/mol. The van der Waals surface area contributed by atoms with Crippen molar-refractivity contribution in [2.45, 2.75) is 6.61 Å². The summed E-state index contributed by atoms with van der Waals surface area (Å²) in [7, 11) is 0. The number of ether oxygens (including phenoxy) is 1. The van der Waals surface area contributed by atoms with Crippen molar-refractivity contribution in [3.63, 3.8) is 0 Å². The van der Waals surface area contributed by atoms with E-state index in [0.717, 1.165) is 12.1 Å². The van der Waals surface area contributed by atoms with Crippen LogP contribution in [0, 0.1) is 17.1 Å². The fourth-order valence-corrected chi connectivity index (χ4v) is 0.660. The highest BCUT2D eigenvalue weighted by atomic mass is 19.3. The maximum absolute atomic E-state index is 12.6. The van der Waals surface area contributed by atoms with Gasteiger partial charge >= 0.3 is 6.61 Å². The quantitative estimate of drug-likeness (QED) is 0.709. The molecule has 0 bridgehead atoms. The summed E-state index contributed by atoms with van der Waals surface area (Å²) >= 11 is 0. The van der Waals surface area contributed by atoms with Crippen LogP contribution in [0.4, 0.5) is 13.2 Å². The van der Waals surface area contributed by atoms with E-state index in [1.54, 1.807) is 0 Å². The number of halogens is 3. The first-order chi connectivity index (χ1) is 6.13. The zero-order chi connectivity index (χ0) is 9.84. The minimum atomic E-state index is -3.04. The minimum Gasteiger partial charge on any atom is -0.417 e. The lowest BCUT2D eigenvalue weighted by Crippen LogP contribution is -2.04. The number of hydrogen-bond donors (Lipinski definition) is 0. The summed E-state index contributed by atoms with van der Waals surface area (Å²) in [4.78, 5) is 3.19. The van der Waals surface area contributed by atoms with Crippen LogP contribution >= 0.6 is 0 Å². The molecule has 0 radical (unpaired) electrons. The van der Waals surface area contributed by atoms with Crippen molar-refractivity contribution in [1.29, 1.82) is 5.26 Å². The second-order valence-corrected chi connectivity index (χ2v) is 1.97. The Balaban J connectivity index is 2.95. The molecule has 0 fully saturated rings. The van der Waals surface area contributed by atoms with Crippen molar-refractivity contribution in [2.24, 2.45) is 0 Å². The number of nitriles is 1. The summed E-state index contributed by atoms with van der Waals surface area (Å²) in [6.45, 7) is -3.04. The van der Waals surface area contributed by atoms with Crippen LogP contribution in [0.15, 0.2) is 12.1 Å². The Morgan fingerprint density at radius 2 is 2.15 bits per heavy atom. The maximum Gasteiger partial charge on any atom is 0.388 e. The van der Waals surface area contributed by atoms with Crippen LogP contribution in [0.2, 0.25) is 0 Å². The standard InChI is InChI=1S/C7H3F3N2O/c8-4-1-2-6(13-7(9)10)12-5(4)3-11/h1-2,7H. The van der Waals surface area contributed by atoms with Gasteiger partial charge in [-0.15, -0.1) is 0 Å². The molecule has 1 aromatic heterocycles.